The molecule has 28 heavy (non-hydrogen) atoms. The zero-order chi connectivity index (χ0) is 20.1. The summed E-state index contributed by atoms with van der Waals surface area (Å²) < 4.78 is 6.96. The SMILES string of the molecule is C/C=C/Cc1cc(Nc2ccc(OC)cc2C(=O)O)n(-c2ccccc2C)n1. The maximum absolute atomic E-state index is 11.7. The van der Waals surface area contributed by atoms with Gasteiger partial charge in [0.15, 0.2) is 0 Å². The molecule has 6 nitrogen and oxygen atoms in total. The Balaban J connectivity index is 2.07. The van der Waals surface area contributed by atoms with E-state index in [0.29, 0.717) is 23.7 Å². The van der Waals surface area contributed by atoms with Crippen molar-refractivity contribution in [3.05, 3.63) is 77.5 Å². The molecule has 0 fully saturated rings. The van der Waals surface area contributed by atoms with Crippen molar-refractivity contribution in [2.24, 2.45) is 0 Å². The predicted octanol–water partition coefficient (Wildman–Crippen LogP) is 4.75. The van der Waals surface area contributed by atoms with Gasteiger partial charge in [0.2, 0.25) is 0 Å². The van der Waals surface area contributed by atoms with E-state index in [1.54, 1.807) is 12.1 Å². The van der Waals surface area contributed by atoms with Crippen molar-refractivity contribution in [2.75, 3.05) is 12.4 Å². The molecule has 0 aliphatic heterocycles. The molecule has 0 saturated heterocycles. The second-order valence-corrected chi connectivity index (χ2v) is 6.33. The molecule has 144 valence electrons. The Morgan fingerprint density at radius 3 is 2.71 bits per heavy atom. The van der Waals surface area contributed by atoms with Gasteiger partial charge in [-0.1, -0.05) is 30.4 Å². The molecule has 0 aliphatic rings. The second kappa shape index (κ2) is 8.43. The van der Waals surface area contributed by atoms with E-state index in [4.69, 9.17) is 9.84 Å². The average molecular weight is 377 g/mol. The summed E-state index contributed by atoms with van der Waals surface area (Å²) >= 11 is 0. The van der Waals surface area contributed by atoms with Crippen LogP contribution in [0.15, 0.2) is 60.7 Å². The Kier molecular flexibility index (Phi) is 5.79. The van der Waals surface area contributed by atoms with Crippen LogP contribution >= 0.6 is 0 Å². The quantitative estimate of drug-likeness (QED) is 0.581. The highest BCUT2D eigenvalue weighted by molar-refractivity contribution is 5.95. The highest BCUT2D eigenvalue weighted by Gasteiger charge is 2.16. The number of hydrogen-bond acceptors (Lipinski definition) is 4. The van der Waals surface area contributed by atoms with Crippen LogP contribution in [0.5, 0.6) is 5.75 Å². The summed E-state index contributed by atoms with van der Waals surface area (Å²) in [5, 5.41) is 17.5. The second-order valence-electron chi connectivity index (χ2n) is 6.33. The fraction of sp³-hybridized carbons (Fsp3) is 0.182. The van der Waals surface area contributed by atoms with Gasteiger partial charge in [-0.25, -0.2) is 9.48 Å². The lowest BCUT2D eigenvalue weighted by Gasteiger charge is -2.14. The zero-order valence-electron chi connectivity index (χ0n) is 16.1. The van der Waals surface area contributed by atoms with E-state index in [1.165, 1.54) is 13.2 Å². The summed E-state index contributed by atoms with van der Waals surface area (Å²) in [6.07, 6.45) is 4.70. The van der Waals surface area contributed by atoms with E-state index in [0.717, 1.165) is 16.9 Å². The molecule has 1 aromatic heterocycles. The highest BCUT2D eigenvalue weighted by Crippen LogP contribution is 2.28. The van der Waals surface area contributed by atoms with Gasteiger partial charge in [0.05, 0.1) is 29.7 Å². The van der Waals surface area contributed by atoms with Gasteiger partial charge >= 0.3 is 5.97 Å². The maximum Gasteiger partial charge on any atom is 0.337 e. The number of anilines is 2. The Hall–Kier alpha value is -3.54. The fourth-order valence-corrected chi connectivity index (χ4v) is 2.92. The van der Waals surface area contributed by atoms with E-state index in [2.05, 4.69) is 5.32 Å². The number of benzene rings is 2. The molecule has 0 aliphatic carbocycles. The number of carboxylic acid groups (broad SMARTS) is 1. The number of nitrogens with one attached hydrogen (secondary N) is 1. The van der Waals surface area contributed by atoms with E-state index < -0.39 is 5.97 Å². The minimum Gasteiger partial charge on any atom is -0.497 e. The molecule has 0 unspecified atom stereocenters. The van der Waals surface area contributed by atoms with Gasteiger partial charge < -0.3 is 15.2 Å². The van der Waals surface area contributed by atoms with Crippen molar-refractivity contribution in [1.29, 1.82) is 0 Å². The molecule has 0 atom stereocenters. The van der Waals surface area contributed by atoms with E-state index in [-0.39, 0.29) is 5.56 Å². The molecule has 1 heterocycles. The van der Waals surface area contributed by atoms with Crippen LogP contribution in [-0.4, -0.2) is 28.0 Å². The number of nitrogens with zero attached hydrogens (tertiary/aromatic N) is 2. The molecule has 6 heteroatoms. The minimum atomic E-state index is -1.03. The Morgan fingerprint density at radius 2 is 2.04 bits per heavy atom. The minimum absolute atomic E-state index is 0.131. The number of hydrogen-bond donors (Lipinski definition) is 2. The number of carboxylic acids is 1. The predicted molar refractivity (Wildman–Crippen MR) is 110 cm³/mol. The van der Waals surface area contributed by atoms with Crippen LogP contribution in [0.4, 0.5) is 11.5 Å². The monoisotopic (exact) mass is 377 g/mol. The Labute approximate surface area is 164 Å². The van der Waals surface area contributed by atoms with Crippen molar-refractivity contribution in [3.8, 4) is 11.4 Å². The number of carbonyl (C=O) groups is 1. The van der Waals surface area contributed by atoms with Gasteiger partial charge in [0, 0.05) is 12.5 Å². The van der Waals surface area contributed by atoms with Gasteiger partial charge in [0.25, 0.3) is 0 Å². The molecular formula is C22H23N3O3. The van der Waals surface area contributed by atoms with Crippen molar-refractivity contribution >= 4 is 17.5 Å². The molecule has 0 bridgehead atoms. The molecule has 3 aromatic rings. The fourth-order valence-electron chi connectivity index (χ4n) is 2.92. The third-order valence-corrected chi connectivity index (χ3v) is 4.39. The first-order chi connectivity index (χ1) is 13.5. The highest BCUT2D eigenvalue weighted by atomic mass is 16.5. The van der Waals surface area contributed by atoms with E-state index in [9.17, 15) is 9.90 Å². The van der Waals surface area contributed by atoms with Crippen LogP contribution < -0.4 is 10.1 Å². The maximum atomic E-state index is 11.7. The summed E-state index contributed by atoms with van der Waals surface area (Å²) in [5.74, 6) is 0.156. The lowest BCUT2D eigenvalue weighted by atomic mass is 10.1. The van der Waals surface area contributed by atoms with Crippen molar-refractivity contribution < 1.29 is 14.6 Å². The molecule has 0 radical (unpaired) electrons. The van der Waals surface area contributed by atoms with Crippen molar-refractivity contribution in [1.82, 2.24) is 9.78 Å². The summed E-state index contributed by atoms with van der Waals surface area (Å²) in [4.78, 5) is 11.7. The summed E-state index contributed by atoms with van der Waals surface area (Å²) in [7, 11) is 1.51. The van der Waals surface area contributed by atoms with Gasteiger partial charge in [-0.2, -0.15) is 5.10 Å². The van der Waals surface area contributed by atoms with Crippen LogP contribution in [-0.2, 0) is 6.42 Å². The lowest BCUT2D eigenvalue weighted by Crippen LogP contribution is -2.07. The van der Waals surface area contributed by atoms with Gasteiger partial charge in [-0.3, -0.25) is 0 Å². The molecule has 2 N–H and O–H groups in total. The number of rotatable bonds is 7. The molecule has 0 saturated carbocycles. The number of para-hydroxylation sites is 1. The Morgan fingerprint density at radius 1 is 1.25 bits per heavy atom. The van der Waals surface area contributed by atoms with Crippen molar-refractivity contribution in [2.45, 2.75) is 20.3 Å². The topological polar surface area (TPSA) is 76.4 Å². The first-order valence-electron chi connectivity index (χ1n) is 8.98. The molecule has 3 rings (SSSR count). The number of aryl methyl sites for hydroxylation is 1. The number of methoxy groups -OCH3 is 1. The van der Waals surface area contributed by atoms with Crippen LogP contribution in [0.1, 0.15) is 28.5 Å². The third kappa shape index (κ3) is 4.06. The van der Waals surface area contributed by atoms with Crippen LogP contribution in [0.2, 0.25) is 0 Å². The largest absolute Gasteiger partial charge is 0.497 e. The number of aromatic carboxylic acids is 1. The van der Waals surface area contributed by atoms with Gasteiger partial charge in [-0.15, -0.1) is 0 Å². The summed E-state index contributed by atoms with van der Waals surface area (Å²) in [5.41, 5.74) is 3.49. The molecule has 0 spiro atoms. The number of aromatic nitrogens is 2. The molecule has 0 amide bonds. The third-order valence-electron chi connectivity index (χ3n) is 4.39. The molecule has 2 aromatic carbocycles. The van der Waals surface area contributed by atoms with Crippen LogP contribution in [0, 0.1) is 6.92 Å². The summed E-state index contributed by atoms with van der Waals surface area (Å²) in [6.45, 7) is 3.98. The number of ether oxygens (including phenoxy) is 1. The van der Waals surface area contributed by atoms with Crippen LogP contribution in [0.25, 0.3) is 5.69 Å². The van der Waals surface area contributed by atoms with Crippen molar-refractivity contribution in [3.63, 3.8) is 0 Å². The first kappa shape index (κ1) is 19.2. The number of allylic oxidation sites excluding steroid dienone is 2. The van der Waals surface area contributed by atoms with E-state index in [1.807, 2.05) is 61.0 Å². The van der Waals surface area contributed by atoms with E-state index >= 15 is 0 Å². The summed E-state index contributed by atoms with van der Waals surface area (Å²) in [6, 6.07) is 14.8. The zero-order valence-corrected chi connectivity index (χ0v) is 16.1. The molecular weight excluding hydrogens is 354 g/mol. The Bertz CT molecular complexity index is 1020. The lowest BCUT2D eigenvalue weighted by molar-refractivity contribution is 0.0697. The van der Waals surface area contributed by atoms with Gasteiger partial charge in [-0.05, 0) is 43.7 Å². The van der Waals surface area contributed by atoms with Gasteiger partial charge in [0.1, 0.15) is 11.6 Å². The van der Waals surface area contributed by atoms with Crippen LogP contribution in [0.3, 0.4) is 0 Å². The standard InChI is InChI=1S/C22H23N3O3/c1-4-5-9-16-13-21(25(24-16)20-10-7-6-8-15(20)2)23-19-12-11-17(28-3)14-18(19)22(26)27/h4-8,10-14,23H,9H2,1-3H3,(H,26,27)/b5-4+. The smallest absolute Gasteiger partial charge is 0.337 e. The average Bonchev–Trinajstić information content (AvgIpc) is 3.09. The normalized spacial score (nSPS) is 11.0. The first-order valence-corrected chi connectivity index (χ1v) is 8.98.